The van der Waals surface area contributed by atoms with Crippen LogP contribution in [0.1, 0.15) is 12.8 Å². The summed E-state index contributed by atoms with van der Waals surface area (Å²) < 4.78 is 5.17. The third-order valence-electron chi connectivity index (χ3n) is 1.97. The molecule has 0 N–H and O–H groups in total. The molecule has 0 radical (unpaired) electrons. The van der Waals surface area contributed by atoms with E-state index in [1.165, 1.54) is 6.08 Å². The van der Waals surface area contributed by atoms with Gasteiger partial charge in [-0.2, -0.15) is 10.3 Å². The van der Waals surface area contributed by atoms with Crippen molar-refractivity contribution in [1.82, 2.24) is 0 Å². The predicted octanol–water partition coefficient (Wildman–Crippen LogP) is 0.641. The van der Waals surface area contributed by atoms with E-state index in [9.17, 15) is 4.79 Å². The molecule has 4 heteroatoms. The zero-order chi connectivity index (χ0) is 8.81. The van der Waals surface area contributed by atoms with Crippen LogP contribution in [0.15, 0.2) is 4.99 Å². The summed E-state index contributed by atoms with van der Waals surface area (Å²) in [5.74, 6) is 0.0743. The van der Waals surface area contributed by atoms with Crippen LogP contribution in [0.3, 0.4) is 0 Å². The Morgan fingerprint density at radius 1 is 1.67 bits per heavy atom. The molecule has 4 nitrogen and oxygen atoms in total. The summed E-state index contributed by atoms with van der Waals surface area (Å²) in [5, 5.41) is 8.63. The smallest absolute Gasteiger partial charge is 0.236 e. The number of carbonyl (C=O) groups excluding carboxylic acids is 1. The number of rotatable bonds is 2. The van der Waals surface area contributed by atoms with Crippen LogP contribution in [0.4, 0.5) is 0 Å². The Morgan fingerprint density at radius 3 is 3.00 bits per heavy atom. The number of ether oxygens (including phenoxy) is 1. The van der Waals surface area contributed by atoms with E-state index in [0.29, 0.717) is 6.61 Å². The maximum atomic E-state index is 9.93. The second-order valence-corrected chi connectivity index (χ2v) is 2.77. The van der Waals surface area contributed by atoms with Crippen molar-refractivity contribution in [2.75, 3.05) is 13.2 Å². The van der Waals surface area contributed by atoms with Gasteiger partial charge in [0.15, 0.2) is 6.04 Å². The number of nitriles is 1. The Balaban J connectivity index is 2.53. The van der Waals surface area contributed by atoms with Crippen molar-refractivity contribution in [3.8, 4) is 6.07 Å². The van der Waals surface area contributed by atoms with Gasteiger partial charge in [0.25, 0.3) is 0 Å². The molecule has 1 heterocycles. The molecular formula is C8H10N2O2. The SMILES string of the molecule is N#CC(N=C=O)C1CCCOC1. The zero-order valence-corrected chi connectivity index (χ0v) is 6.69. The van der Waals surface area contributed by atoms with Crippen LogP contribution in [0.2, 0.25) is 0 Å². The molecule has 1 aliphatic rings. The molecule has 1 aliphatic heterocycles. The first-order valence-electron chi connectivity index (χ1n) is 3.93. The highest BCUT2D eigenvalue weighted by molar-refractivity contribution is 5.34. The maximum Gasteiger partial charge on any atom is 0.236 e. The van der Waals surface area contributed by atoms with Gasteiger partial charge in [0.2, 0.25) is 6.08 Å². The molecule has 0 bridgehead atoms. The van der Waals surface area contributed by atoms with Gasteiger partial charge in [0, 0.05) is 12.5 Å². The van der Waals surface area contributed by atoms with Crippen molar-refractivity contribution in [2.24, 2.45) is 10.9 Å². The molecule has 64 valence electrons. The number of aliphatic imine (C=N–C) groups is 1. The molecule has 0 aromatic heterocycles. The molecule has 0 amide bonds. The molecule has 0 saturated carbocycles. The lowest BCUT2D eigenvalue weighted by Crippen LogP contribution is -2.26. The first kappa shape index (κ1) is 8.92. The van der Waals surface area contributed by atoms with Crippen molar-refractivity contribution in [3.05, 3.63) is 0 Å². The molecule has 12 heavy (non-hydrogen) atoms. The average molecular weight is 166 g/mol. The minimum Gasteiger partial charge on any atom is -0.381 e. The third-order valence-corrected chi connectivity index (χ3v) is 1.97. The van der Waals surface area contributed by atoms with E-state index in [4.69, 9.17) is 10.00 Å². The van der Waals surface area contributed by atoms with Crippen LogP contribution in [0, 0.1) is 17.2 Å². The summed E-state index contributed by atoms with van der Waals surface area (Å²) in [6.07, 6.45) is 3.26. The first-order valence-corrected chi connectivity index (χ1v) is 3.93. The Morgan fingerprint density at radius 2 is 2.50 bits per heavy atom. The van der Waals surface area contributed by atoms with Gasteiger partial charge in [-0.15, -0.1) is 0 Å². The minimum atomic E-state index is -0.567. The molecule has 0 aromatic carbocycles. The van der Waals surface area contributed by atoms with E-state index in [1.54, 1.807) is 0 Å². The van der Waals surface area contributed by atoms with E-state index in [1.807, 2.05) is 6.07 Å². The highest BCUT2D eigenvalue weighted by Gasteiger charge is 2.23. The van der Waals surface area contributed by atoms with Gasteiger partial charge >= 0.3 is 0 Å². The van der Waals surface area contributed by atoms with Crippen molar-refractivity contribution >= 4 is 6.08 Å². The lowest BCUT2D eigenvalue weighted by Gasteiger charge is -2.22. The van der Waals surface area contributed by atoms with Gasteiger partial charge in [-0.25, -0.2) is 4.79 Å². The van der Waals surface area contributed by atoms with E-state index in [-0.39, 0.29) is 5.92 Å². The fraction of sp³-hybridized carbons (Fsp3) is 0.750. The van der Waals surface area contributed by atoms with Crippen molar-refractivity contribution in [1.29, 1.82) is 5.26 Å². The minimum absolute atomic E-state index is 0.0743. The molecule has 0 aromatic rings. The summed E-state index contributed by atoms with van der Waals surface area (Å²) in [5.41, 5.74) is 0. The molecule has 1 saturated heterocycles. The largest absolute Gasteiger partial charge is 0.381 e. The van der Waals surface area contributed by atoms with Crippen molar-refractivity contribution in [3.63, 3.8) is 0 Å². The molecule has 0 aliphatic carbocycles. The first-order chi connectivity index (χ1) is 5.88. The van der Waals surface area contributed by atoms with E-state index < -0.39 is 6.04 Å². The second kappa shape index (κ2) is 4.66. The molecule has 1 rings (SSSR count). The van der Waals surface area contributed by atoms with E-state index in [2.05, 4.69) is 4.99 Å². The predicted molar refractivity (Wildman–Crippen MR) is 41.1 cm³/mol. The summed E-state index contributed by atoms with van der Waals surface area (Å²) in [6.45, 7) is 1.28. The second-order valence-electron chi connectivity index (χ2n) is 2.77. The van der Waals surface area contributed by atoms with E-state index >= 15 is 0 Å². The number of nitrogens with zero attached hydrogens (tertiary/aromatic N) is 2. The average Bonchev–Trinajstić information content (AvgIpc) is 2.15. The lowest BCUT2D eigenvalue weighted by molar-refractivity contribution is 0.0514. The van der Waals surface area contributed by atoms with Gasteiger partial charge in [-0.1, -0.05) is 0 Å². The van der Waals surface area contributed by atoms with Gasteiger partial charge in [0.05, 0.1) is 12.7 Å². The molecule has 0 spiro atoms. The summed E-state index contributed by atoms with van der Waals surface area (Å²) in [6, 6.07) is 1.40. The molecule has 1 fully saturated rings. The Kier molecular flexibility index (Phi) is 3.46. The quantitative estimate of drug-likeness (QED) is 0.446. The molecule has 2 unspecified atom stereocenters. The fourth-order valence-electron chi connectivity index (χ4n) is 1.31. The summed E-state index contributed by atoms with van der Waals surface area (Å²) in [7, 11) is 0. The highest BCUT2D eigenvalue weighted by atomic mass is 16.5. The van der Waals surface area contributed by atoms with Crippen LogP contribution in [-0.2, 0) is 9.53 Å². The topological polar surface area (TPSA) is 62.5 Å². The highest BCUT2D eigenvalue weighted by Crippen LogP contribution is 2.18. The van der Waals surface area contributed by atoms with Crippen LogP contribution in [0.5, 0.6) is 0 Å². The van der Waals surface area contributed by atoms with Crippen molar-refractivity contribution < 1.29 is 9.53 Å². The summed E-state index contributed by atoms with van der Waals surface area (Å²) >= 11 is 0. The standard InChI is InChI=1S/C8H10N2O2/c9-4-8(10-6-11)7-2-1-3-12-5-7/h7-8H,1-3,5H2. The lowest BCUT2D eigenvalue weighted by atomic mass is 9.95. The summed E-state index contributed by atoms with van der Waals surface area (Å²) in [4.78, 5) is 13.4. The van der Waals surface area contributed by atoms with Crippen LogP contribution in [-0.4, -0.2) is 25.3 Å². The van der Waals surface area contributed by atoms with Gasteiger partial charge in [0.1, 0.15) is 0 Å². The Bertz CT molecular complexity index is 222. The normalized spacial score (nSPS) is 25.1. The monoisotopic (exact) mass is 166 g/mol. The van der Waals surface area contributed by atoms with Gasteiger partial charge in [-0.05, 0) is 12.8 Å². The van der Waals surface area contributed by atoms with Gasteiger partial charge in [-0.3, -0.25) is 0 Å². The molecular weight excluding hydrogens is 156 g/mol. The zero-order valence-electron chi connectivity index (χ0n) is 6.69. The van der Waals surface area contributed by atoms with Crippen LogP contribution < -0.4 is 0 Å². The Labute approximate surface area is 70.9 Å². The number of hydrogen-bond donors (Lipinski definition) is 0. The van der Waals surface area contributed by atoms with Crippen LogP contribution >= 0.6 is 0 Å². The van der Waals surface area contributed by atoms with Crippen LogP contribution in [0.25, 0.3) is 0 Å². The third kappa shape index (κ3) is 2.16. The number of hydrogen-bond acceptors (Lipinski definition) is 4. The van der Waals surface area contributed by atoms with Gasteiger partial charge < -0.3 is 4.74 Å². The maximum absolute atomic E-state index is 9.93. The fourth-order valence-corrected chi connectivity index (χ4v) is 1.31. The molecule has 2 atom stereocenters. The van der Waals surface area contributed by atoms with E-state index in [0.717, 1.165) is 19.4 Å². The number of isocyanates is 1. The van der Waals surface area contributed by atoms with Crippen molar-refractivity contribution in [2.45, 2.75) is 18.9 Å². The Hall–Kier alpha value is -1.17.